The average molecular weight is 474 g/mol. The van der Waals surface area contributed by atoms with Crippen LogP contribution in [0.2, 0.25) is 0 Å². The number of thiocarbonyl (C=S) groups is 1. The second kappa shape index (κ2) is 9.65. The summed E-state index contributed by atoms with van der Waals surface area (Å²) in [5.41, 5.74) is 6.89. The molecule has 0 radical (unpaired) electrons. The van der Waals surface area contributed by atoms with Gasteiger partial charge in [-0.25, -0.2) is 4.98 Å². The maximum absolute atomic E-state index is 12.7. The molecule has 0 saturated carbocycles. The van der Waals surface area contributed by atoms with E-state index in [1.807, 2.05) is 64.1 Å². The molecule has 1 amide bonds. The number of benzene rings is 3. The number of aromatic nitrogens is 1. The molecule has 1 heterocycles. The van der Waals surface area contributed by atoms with E-state index in [0.29, 0.717) is 17.2 Å². The smallest absolute Gasteiger partial charge is 0.257 e. The summed E-state index contributed by atoms with van der Waals surface area (Å²) in [5.74, 6) is 0.846. The summed E-state index contributed by atoms with van der Waals surface area (Å²) in [6.07, 6.45) is 0.0191. The van der Waals surface area contributed by atoms with Crippen molar-refractivity contribution >= 4 is 40.0 Å². The predicted molar refractivity (Wildman–Crippen MR) is 140 cm³/mol. The molecular formula is C27H27N3O3S. The van der Waals surface area contributed by atoms with E-state index in [1.54, 1.807) is 18.2 Å². The molecule has 0 spiro atoms. The van der Waals surface area contributed by atoms with E-state index >= 15 is 0 Å². The van der Waals surface area contributed by atoms with Crippen LogP contribution in [0, 0.1) is 20.8 Å². The summed E-state index contributed by atoms with van der Waals surface area (Å²) in [6, 6.07) is 16.9. The number of rotatable bonds is 5. The lowest BCUT2D eigenvalue weighted by atomic mass is 10.1. The first-order valence-corrected chi connectivity index (χ1v) is 11.5. The van der Waals surface area contributed by atoms with Crippen LogP contribution in [0.15, 0.2) is 59.0 Å². The van der Waals surface area contributed by atoms with Crippen LogP contribution in [0.1, 0.15) is 40.9 Å². The number of carbonyl (C=O) groups is 1. The summed E-state index contributed by atoms with van der Waals surface area (Å²) < 4.78 is 11.7. The first-order chi connectivity index (χ1) is 16.2. The highest BCUT2D eigenvalue weighted by Gasteiger charge is 2.14. The average Bonchev–Trinajstić information content (AvgIpc) is 3.18. The van der Waals surface area contributed by atoms with E-state index in [1.165, 1.54) is 5.56 Å². The number of aryl methyl sites for hydroxylation is 3. The molecule has 34 heavy (non-hydrogen) atoms. The second-order valence-electron chi connectivity index (χ2n) is 8.56. The Labute approximate surface area is 204 Å². The number of hydrogen-bond donors (Lipinski definition) is 2. The van der Waals surface area contributed by atoms with Crippen molar-refractivity contribution in [2.45, 2.75) is 40.7 Å². The minimum Gasteiger partial charge on any atom is -0.491 e. The van der Waals surface area contributed by atoms with Crippen LogP contribution < -0.4 is 15.4 Å². The van der Waals surface area contributed by atoms with Gasteiger partial charge in [0.05, 0.1) is 6.10 Å². The molecule has 4 rings (SSSR count). The van der Waals surface area contributed by atoms with Crippen molar-refractivity contribution in [3.63, 3.8) is 0 Å². The highest BCUT2D eigenvalue weighted by atomic mass is 32.1. The number of nitrogens with one attached hydrogen (secondary N) is 2. The van der Waals surface area contributed by atoms with Gasteiger partial charge in [-0.15, -0.1) is 0 Å². The fraction of sp³-hybridized carbons (Fsp3) is 0.222. The Balaban J connectivity index is 1.50. The number of fused-ring (bicyclic) bond motifs is 1. The monoisotopic (exact) mass is 473 g/mol. The Bertz CT molecular complexity index is 1350. The van der Waals surface area contributed by atoms with Gasteiger partial charge in [0.15, 0.2) is 10.7 Å². The van der Waals surface area contributed by atoms with Crippen LogP contribution in [-0.4, -0.2) is 22.1 Å². The van der Waals surface area contributed by atoms with Crippen molar-refractivity contribution in [2.75, 3.05) is 5.32 Å². The molecule has 7 heteroatoms. The van der Waals surface area contributed by atoms with Crippen molar-refractivity contribution in [1.82, 2.24) is 10.3 Å². The molecular weight excluding hydrogens is 446 g/mol. The maximum atomic E-state index is 12.7. The Morgan fingerprint density at radius 2 is 1.76 bits per heavy atom. The Morgan fingerprint density at radius 1 is 1.00 bits per heavy atom. The molecule has 1 aromatic heterocycles. The highest BCUT2D eigenvalue weighted by Crippen LogP contribution is 2.29. The normalized spacial score (nSPS) is 11.0. The molecule has 0 unspecified atom stereocenters. The van der Waals surface area contributed by atoms with Crippen LogP contribution in [0.3, 0.4) is 0 Å². The SMILES string of the molecule is Cc1cc2nc(-c3ccc(C)c(NC(=S)NC(=O)c4cccc(OC(C)C)c4)c3)oc2cc1C. The summed E-state index contributed by atoms with van der Waals surface area (Å²) in [7, 11) is 0. The van der Waals surface area contributed by atoms with Gasteiger partial charge in [0, 0.05) is 16.8 Å². The van der Waals surface area contributed by atoms with Crippen LogP contribution in [0.5, 0.6) is 5.75 Å². The van der Waals surface area contributed by atoms with Crippen LogP contribution >= 0.6 is 12.2 Å². The van der Waals surface area contributed by atoms with Gasteiger partial charge in [-0.2, -0.15) is 0 Å². The largest absolute Gasteiger partial charge is 0.491 e. The minimum atomic E-state index is -0.315. The van der Waals surface area contributed by atoms with E-state index in [0.717, 1.165) is 33.5 Å². The third-order valence-electron chi connectivity index (χ3n) is 5.43. The zero-order valence-corrected chi connectivity index (χ0v) is 20.7. The van der Waals surface area contributed by atoms with Crippen LogP contribution in [0.4, 0.5) is 5.69 Å². The standard InChI is InChI=1S/C27H27N3O3S/c1-15(2)32-21-8-6-7-19(13-21)25(31)30-27(34)29-22-14-20(10-9-16(22)3)26-28-23-11-17(4)18(5)12-24(23)33-26/h6-15H,1-5H3,(H2,29,30,31,34). The molecule has 0 atom stereocenters. The highest BCUT2D eigenvalue weighted by molar-refractivity contribution is 7.80. The van der Waals surface area contributed by atoms with Gasteiger partial charge in [0.1, 0.15) is 11.3 Å². The molecule has 3 aromatic carbocycles. The van der Waals surface area contributed by atoms with Crippen LogP contribution in [-0.2, 0) is 0 Å². The van der Waals surface area contributed by atoms with Gasteiger partial charge in [-0.1, -0.05) is 12.1 Å². The third-order valence-corrected chi connectivity index (χ3v) is 5.64. The molecule has 0 saturated heterocycles. The molecule has 0 fully saturated rings. The summed E-state index contributed by atoms with van der Waals surface area (Å²) >= 11 is 5.40. The molecule has 2 N–H and O–H groups in total. The fourth-order valence-electron chi connectivity index (χ4n) is 3.50. The Hall–Kier alpha value is -3.71. The van der Waals surface area contributed by atoms with Crippen molar-refractivity contribution in [1.29, 1.82) is 0 Å². The van der Waals surface area contributed by atoms with Gasteiger partial charge < -0.3 is 14.5 Å². The van der Waals surface area contributed by atoms with Crippen molar-refractivity contribution < 1.29 is 13.9 Å². The first-order valence-electron chi connectivity index (χ1n) is 11.1. The number of carbonyl (C=O) groups excluding carboxylic acids is 1. The number of amides is 1. The zero-order chi connectivity index (χ0) is 24.4. The molecule has 0 aliphatic rings. The molecule has 174 valence electrons. The quantitative estimate of drug-likeness (QED) is 0.330. The van der Waals surface area contributed by atoms with Gasteiger partial charge in [-0.05, 0) is 106 Å². The number of hydrogen-bond acceptors (Lipinski definition) is 5. The maximum Gasteiger partial charge on any atom is 0.257 e. The lowest BCUT2D eigenvalue weighted by Gasteiger charge is -2.14. The van der Waals surface area contributed by atoms with Gasteiger partial charge in [0.2, 0.25) is 5.89 Å². The lowest BCUT2D eigenvalue weighted by molar-refractivity contribution is 0.0977. The van der Waals surface area contributed by atoms with E-state index in [9.17, 15) is 4.79 Å². The topological polar surface area (TPSA) is 76.4 Å². The van der Waals surface area contributed by atoms with E-state index in [-0.39, 0.29) is 17.1 Å². The second-order valence-corrected chi connectivity index (χ2v) is 8.96. The lowest BCUT2D eigenvalue weighted by Crippen LogP contribution is -2.34. The summed E-state index contributed by atoms with van der Waals surface area (Å²) in [4.78, 5) is 17.3. The summed E-state index contributed by atoms with van der Waals surface area (Å²) in [5, 5.41) is 6.05. The number of anilines is 1. The number of ether oxygens (including phenoxy) is 1. The van der Waals surface area contributed by atoms with Crippen molar-refractivity contribution in [3.8, 4) is 17.2 Å². The zero-order valence-electron chi connectivity index (χ0n) is 19.9. The first kappa shape index (κ1) is 23.4. The number of nitrogens with zero attached hydrogens (tertiary/aromatic N) is 1. The van der Waals surface area contributed by atoms with Gasteiger partial charge in [-0.3, -0.25) is 10.1 Å². The number of oxazole rings is 1. The van der Waals surface area contributed by atoms with Gasteiger partial charge in [0.25, 0.3) is 5.91 Å². The molecule has 0 bridgehead atoms. The molecule has 0 aliphatic heterocycles. The van der Waals surface area contributed by atoms with Crippen molar-refractivity contribution in [2.24, 2.45) is 0 Å². The molecule has 4 aromatic rings. The van der Waals surface area contributed by atoms with E-state index < -0.39 is 0 Å². The van der Waals surface area contributed by atoms with E-state index in [4.69, 9.17) is 21.4 Å². The summed E-state index contributed by atoms with van der Waals surface area (Å²) in [6.45, 7) is 9.94. The Morgan fingerprint density at radius 3 is 2.53 bits per heavy atom. The van der Waals surface area contributed by atoms with Gasteiger partial charge >= 0.3 is 0 Å². The molecule has 6 nitrogen and oxygen atoms in total. The Kier molecular flexibility index (Phi) is 6.65. The van der Waals surface area contributed by atoms with Crippen molar-refractivity contribution in [3.05, 3.63) is 76.9 Å². The predicted octanol–water partition coefficient (Wildman–Crippen LogP) is 6.33. The fourth-order valence-corrected chi connectivity index (χ4v) is 3.71. The van der Waals surface area contributed by atoms with E-state index in [2.05, 4.69) is 22.5 Å². The third kappa shape index (κ3) is 5.26. The molecule has 0 aliphatic carbocycles. The minimum absolute atomic E-state index is 0.0191. The van der Waals surface area contributed by atoms with Crippen LogP contribution in [0.25, 0.3) is 22.6 Å².